The van der Waals surface area contributed by atoms with Crippen LogP contribution in [0.3, 0.4) is 0 Å². The summed E-state index contributed by atoms with van der Waals surface area (Å²) in [6.07, 6.45) is 3.67. The second-order valence-corrected chi connectivity index (χ2v) is 2.50. The van der Waals surface area contributed by atoms with E-state index >= 15 is 0 Å². The van der Waals surface area contributed by atoms with E-state index in [2.05, 4.69) is 18.5 Å². The Bertz CT molecular complexity index is 259. The van der Waals surface area contributed by atoms with Crippen molar-refractivity contribution < 1.29 is 0 Å². The van der Waals surface area contributed by atoms with Crippen LogP contribution in [0.2, 0.25) is 0 Å². The standard InChI is InChI=1S/C11H13N/c1-3-9-12-11-7-5-10(4-2)6-8-11/h3-8,12H,1-2,9H2. The van der Waals surface area contributed by atoms with Gasteiger partial charge in [-0.1, -0.05) is 30.9 Å². The van der Waals surface area contributed by atoms with E-state index in [1.807, 2.05) is 36.4 Å². The molecule has 0 radical (unpaired) electrons. The summed E-state index contributed by atoms with van der Waals surface area (Å²) in [6.45, 7) is 8.12. The van der Waals surface area contributed by atoms with E-state index < -0.39 is 0 Å². The number of rotatable bonds is 4. The van der Waals surface area contributed by atoms with Gasteiger partial charge in [-0.25, -0.2) is 0 Å². The Kier molecular flexibility index (Phi) is 3.15. The van der Waals surface area contributed by atoms with E-state index in [1.54, 1.807) is 0 Å². The molecule has 1 heteroatoms. The van der Waals surface area contributed by atoms with Crippen molar-refractivity contribution >= 4 is 11.8 Å². The Morgan fingerprint density at radius 1 is 1.17 bits per heavy atom. The normalized spacial score (nSPS) is 9.00. The van der Waals surface area contributed by atoms with Crippen molar-refractivity contribution in [2.24, 2.45) is 0 Å². The van der Waals surface area contributed by atoms with Crippen molar-refractivity contribution in [1.82, 2.24) is 0 Å². The van der Waals surface area contributed by atoms with Crippen LogP contribution in [0.1, 0.15) is 5.56 Å². The molecule has 62 valence electrons. The molecule has 0 bridgehead atoms. The highest BCUT2D eigenvalue weighted by Gasteiger charge is 1.88. The second-order valence-electron chi connectivity index (χ2n) is 2.50. The number of benzene rings is 1. The van der Waals surface area contributed by atoms with Gasteiger partial charge in [-0.3, -0.25) is 0 Å². The molecule has 1 rings (SSSR count). The second kappa shape index (κ2) is 4.39. The molecule has 0 amide bonds. The molecule has 0 aliphatic heterocycles. The van der Waals surface area contributed by atoms with Crippen LogP contribution >= 0.6 is 0 Å². The van der Waals surface area contributed by atoms with Crippen molar-refractivity contribution in [2.45, 2.75) is 0 Å². The summed E-state index contributed by atoms with van der Waals surface area (Å²) in [5.74, 6) is 0. The number of hydrogen-bond acceptors (Lipinski definition) is 1. The van der Waals surface area contributed by atoms with E-state index in [0.717, 1.165) is 17.8 Å². The molecule has 0 aliphatic carbocycles. The largest absolute Gasteiger partial charge is 0.382 e. The molecule has 1 nitrogen and oxygen atoms in total. The van der Waals surface area contributed by atoms with Crippen LogP contribution in [-0.2, 0) is 0 Å². The Morgan fingerprint density at radius 2 is 1.83 bits per heavy atom. The van der Waals surface area contributed by atoms with E-state index in [9.17, 15) is 0 Å². The number of nitrogens with one attached hydrogen (secondary N) is 1. The molecule has 0 heterocycles. The van der Waals surface area contributed by atoms with Gasteiger partial charge >= 0.3 is 0 Å². The molecule has 0 saturated heterocycles. The van der Waals surface area contributed by atoms with Crippen LogP contribution in [0.4, 0.5) is 5.69 Å². The van der Waals surface area contributed by atoms with Gasteiger partial charge in [-0.2, -0.15) is 0 Å². The Balaban J connectivity index is 2.64. The lowest BCUT2D eigenvalue weighted by molar-refractivity contribution is 1.34. The molecule has 0 fully saturated rings. The minimum Gasteiger partial charge on any atom is -0.382 e. The molecule has 0 spiro atoms. The van der Waals surface area contributed by atoms with Crippen LogP contribution in [0.15, 0.2) is 43.5 Å². The molecular formula is C11H13N. The predicted molar refractivity (Wildman–Crippen MR) is 55.2 cm³/mol. The van der Waals surface area contributed by atoms with Crippen LogP contribution in [0.25, 0.3) is 6.08 Å². The van der Waals surface area contributed by atoms with Crippen LogP contribution in [0, 0.1) is 0 Å². The van der Waals surface area contributed by atoms with E-state index in [1.165, 1.54) is 0 Å². The maximum absolute atomic E-state index is 3.69. The molecule has 0 atom stereocenters. The molecule has 0 unspecified atom stereocenters. The topological polar surface area (TPSA) is 12.0 Å². The zero-order chi connectivity index (χ0) is 8.81. The molecule has 1 aromatic carbocycles. The third kappa shape index (κ3) is 2.27. The maximum atomic E-state index is 3.69. The summed E-state index contributed by atoms with van der Waals surface area (Å²) in [5.41, 5.74) is 2.25. The highest BCUT2D eigenvalue weighted by molar-refractivity contribution is 5.53. The van der Waals surface area contributed by atoms with Crippen molar-refractivity contribution in [2.75, 3.05) is 11.9 Å². The van der Waals surface area contributed by atoms with Gasteiger partial charge in [-0.05, 0) is 17.7 Å². The quantitative estimate of drug-likeness (QED) is 0.666. The van der Waals surface area contributed by atoms with Crippen LogP contribution < -0.4 is 5.32 Å². The fourth-order valence-corrected chi connectivity index (χ4v) is 0.927. The van der Waals surface area contributed by atoms with Crippen LogP contribution in [0.5, 0.6) is 0 Å². The SMILES string of the molecule is C=CCNc1ccc(C=C)cc1. The third-order valence-electron chi connectivity index (χ3n) is 1.60. The van der Waals surface area contributed by atoms with Gasteiger partial charge in [-0.15, -0.1) is 6.58 Å². The lowest BCUT2D eigenvalue weighted by Gasteiger charge is -2.02. The molecule has 1 aromatic rings. The van der Waals surface area contributed by atoms with Gasteiger partial charge in [0.15, 0.2) is 0 Å². The maximum Gasteiger partial charge on any atom is 0.0343 e. The zero-order valence-electron chi connectivity index (χ0n) is 7.09. The first-order valence-corrected chi connectivity index (χ1v) is 3.94. The Labute approximate surface area is 73.4 Å². The van der Waals surface area contributed by atoms with Crippen molar-refractivity contribution in [3.05, 3.63) is 49.1 Å². The van der Waals surface area contributed by atoms with Gasteiger partial charge < -0.3 is 5.32 Å². The van der Waals surface area contributed by atoms with E-state index in [4.69, 9.17) is 0 Å². The first kappa shape index (κ1) is 8.60. The van der Waals surface area contributed by atoms with Gasteiger partial charge in [0.05, 0.1) is 0 Å². The first-order chi connectivity index (χ1) is 5.86. The lowest BCUT2D eigenvalue weighted by Crippen LogP contribution is -1.96. The summed E-state index contributed by atoms with van der Waals surface area (Å²) in [5, 5.41) is 3.19. The minimum atomic E-state index is 0.799. The van der Waals surface area contributed by atoms with Crippen molar-refractivity contribution in [3.63, 3.8) is 0 Å². The number of hydrogen-bond donors (Lipinski definition) is 1. The van der Waals surface area contributed by atoms with Gasteiger partial charge in [0.1, 0.15) is 0 Å². The van der Waals surface area contributed by atoms with Gasteiger partial charge in [0.2, 0.25) is 0 Å². The zero-order valence-corrected chi connectivity index (χ0v) is 7.09. The van der Waals surface area contributed by atoms with Crippen LogP contribution in [-0.4, -0.2) is 6.54 Å². The highest BCUT2D eigenvalue weighted by atomic mass is 14.8. The third-order valence-corrected chi connectivity index (χ3v) is 1.60. The van der Waals surface area contributed by atoms with Gasteiger partial charge in [0, 0.05) is 12.2 Å². The summed E-state index contributed by atoms with van der Waals surface area (Å²) in [4.78, 5) is 0. The number of anilines is 1. The predicted octanol–water partition coefficient (Wildman–Crippen LogP) is 2.93. The summed E-state index contributed by atoms with van der Waals surface area (Å²) >= 11 is 0. The molecule has 12 heavy (non-hydrogen) atoms. The molecule has 1 N–H and O–H groups in total. The van der Waals surface area contributed by atoms with Gasteiger partial charge in [0.25, 0.3) is 0 Å². The van der Waals surface area contributed by atoms with E-state index in [0.29, 0.717) is 0 Å². The smallest absolute Gasteiger partial charge is 0.0343 e. The summed E-state index contributed by atoms with van der Waals surface area (Å²) in [7, 11) is 0. The van der Waals surface area contributed by atoms with Crippen molar-refractivity contribution in [3.8, 4) is 0 Å². The fraction of sp³-hybridized carbons (Fsp3) is 0.0909. The Morgan fingerprint density at radius 3 is 2.33 bits per heavy atom. The van der Waals surface area contributed by atoms with Crippen molar-refractivity contribution in [1.29, 1.82) is 0 Å². The summed E-state index contributed by atoms with van der Waals surface area (Å²) < 4.78 is 0. The fourth-order valence-electron chi connectivity index (χ4n) is 0.927. The molecule has 0 aliphatic rings. The molecule has 0 saturated carbocycles. The first-order valence-electron chi connectivity index (χ1n) is 3.94. The molecule has 0 aromatic heterocycles. The van der Waals surface area contributed by atoms with E-state index in [-0.39, 0.29) is 0 Å². The average molecular weight is 159 g/mol. The average Bonchev–Trinajstić information content (AvgIpc) is 2.15. The monoisotopic (exact) mass is 159 g/mol. The summed E-state index contributed by atoms with van der Waals surface area (Å²) in [6, 6.07) is 8.11. The molecular weight excluding hydrogens is 146 g/mol. The minimum absolute atomic E-state index is 0.799. The highest BCUT2D eigenvalue weighted by Crippen LogP contribution is 2.09. The Hall–Kier alpha value is -1.50. The lowest BCUT2D eigenvalue weighted by atomic mass is 10.2.